The zero-order valence-corrected chi connectivity index (χ0v) is 17.4. The second-order valence-electron chi connectivity index (χ2n) is 8.93. The van der Waals surface area contributed by atoms with Gasteiger partial charge >= 0.3 is 0 Å². The summed E-state index contributed by atoms with van der Waals surface area (Å²) in [5.74, 6) is 0. The van der Waals surface area contributed by atoms with E-state index < -0.39 is 0 Å². The smallest absolute Gasteiger partial charge is 0.0685 e. The number of hydroxylamine groups is 2. The molecule has 3 nitrogen and oxygen atoms in total. The van der Waals surface area contributed by atoms with Crippen molar-refractivity contribution in [2.45, 2.75) is 123 Å². The van der Waals surface area contributed by atoms with Crippen molar-refractivity contribution in [3.05, 3.63) is 0 Å². The van der Waals surface area contributed by atoms with Crippen molar-refractivity contribution in [2.75, 3.05) is 13.2 Å². The van der Waals surface area contributed by atoms with E-state index in [-0.39, 0.29) is 11.1 Å². The largest absolute Gasteiger partial charge is 0.314 e. The van der Waals surface area contributed by atoms with Gasteiger partial charge in [0.15, 0.2) is 0 Å². The van der Waals surface area contributed by atoms with Crippen molar-refractivity contribution in [3.8, 4) is 0 Å². The van der Waals surface area contributed by atoms with Crippen LogP contribution in [0.1, 0.15) is 106 Å². The molecule has 1 fully saturated rings. The molecule has 0 aliphatic carbocycles. The average molecular weight is 341 g/mol. The van der Waals surface area contributed by atoms with Gasteiger partial charge in [0.2, 0.25) is 0 Å². The van der Waals surface area contributed by atoms with Crippen LogP contribution < -0.4 is 5.32 Å². The summed E-state index contributed by atoms with van der Waals surface area (Å²) in [5, 5.41) is 6.08. The summed E-state index contributed by atoms with van der Waals surface area (Å²) in [6, 6.07) is 0.607. The maximum absolute atomic E-state index is 6.30. The Morgan fingerprint density at radius 3 is 1.96 bits per heavy atom. The third-order valence-corrected chi connectivity index (χ3v) is 5.27. The number of hydrogen-bond acceptors (Lipinski definition) is 3. The van der Waals surface area contributed by atoms with Crippen LogP contribution in [0.5, 0.6) is 0 Å². The van der Waals surface area contributed by atoms with E-state index in [9.17, 15) is 0 Å². The lowest BCUT2D eigenvalue weighted by atomic mass is 9.79. The maximum Gasteiger partial charge on any atom is 0.0685 e. The molecule has 1 aliphatic rings. The summed E-state index contributed by atoms with van der Waals surface area (Å²) in [5.41, 5.74) is 0.182. The molecule has 1 N–H and O–H groups in total. The van der Waals surface area contributed by atoms with E-state index in [4.69, 9.17) is 4.84 Å². The molecular formula is C21H44N2O. The Morgan fingerprint density at radius 1 is 0.833 bits per heavy atom. The summed E-state index contributed by atoms with van der Waals surface area (Å²) in [7, 11) is 0. The van der Waals surface area contributed by atoms with Gasteiger partial charge < -0.3 is 5.32 Å². The predicted octanol–water partition coefficient (Wildman–Crippen LogP) is 5.69. The van der Waals surface area contributed by atoms with Crippen molar-refractivity contribution in [1.29, 1.82) is 0 Å². The topological polar surface area (TPSA) is 24.5 Å². The van der Waals surface area contributed by atoms with Gasteiger partial charge in [0.1, 0.15) is 0 Å². The molecule has 0 aromatic heterocycles. The Bertz CT molecular complexity index is 310. The minimum Gasteiger partial charge on any atom is -0.314 e. The first-order valence-corrected chi connectivity index (χ1v) is 10.5. The van der Waals surface area contributed by atoms with E-state index in [1.54, 1.807) is 0 Å². The normalized spacial score (nSPS) is 21.2. The van der Waals surface area contributed by atoms with Crippen LogP contribution in [-0.4, -0.2) is 35.3 Å². The third kappa shape index (κ3) is 7.41. The Labute approximate surface area is 151 Å². The molecule has 0 saturated carbocycles. The molecule has 0 amide bonds. The van der Waals surface area contributed by atoms with Crippen molar-refractivity contribution in [2.24, 2.45) is 0 Å². The van der Waals surface area contributed by atoms with Gasteiger partial charge in [-0.2, -0.15) is 5.06 Å². The fourth-order valence-electron chi connectivity index (χ4n) is 4.28. The molecular weight excluding hydrogens is 296 g/mol. The standard InChI is InChI=1S/C21H44N2O/c1-7-9-11-12-13-14-16-24-23-20(3,4)17-19(18-21(23,5)6)22-15-10-8-2/h19,22H,7-18H2,1-6H3. The lowest BCUT2D eigenvalue weighted by Gasteiger charge is -2.54. The third-order valence-electron chi connectivity index (χ3n) is 5.27. The average Bonchev–Trinajstić information content (AvgIpc) is 2.47. The van der Waals surface area contributed by atoms with E-state index >= 15 is 0 Å². The van der Waals surface area contributed by atoms with Crippen molar-refractivity contribution >= 4 is 0 Å². The van der Waals surface area contributed by atoms with Crippen LogP contribution in [0.4, 0.5) is 0 Å². The number of rotatable bonds is 12. The highest BCUT2D eigenvalue weighted by Crippen LogP contribution is 2.38. The van der Waals surface area contributed by atoms with E-state index in [0.717, 1.165) is 26.0 Å². The maximum atomic E-state index is 6.30. The monoisotopic (exact) mass is 340 g/mol. The van der Waals surface area contributed by atoms with Crippen molar-refractivity contribution in [1.82, 2.24) is 10.4 Å². The zero-order valence-electron chi connectivity index (χ0n) is 17.4. The molecule has 0 aromatic rings. The zero-order chi connectivity index (χ0) is 18.1. The molecule has 3 heteroatoms. The Morgan fingerprint density at radius 2 is 1.38 bits per heavy atom. The quantitative estimate of drug-likeness (QED) is 0.462. The first-order chi connectivity index (χ1) is 11.3. The fraction of sp³-hybridized carbons (Fsp3) is 1.00. The van der Waals surface area contributed by atoms with Crippen LogP contribution in [0.2, 0.25) is 0 Å². The molecule has 0 radical (unpaired) electrons. The van der Waals surface area contributed by atoms with Crippen LogP contribution in [-0.2, 0) is 4.84 Å². The van der Waals surface area contributed by atoms with E-state index in [1.165, 1.54) is 51.4 Å². The van der Waals surface area contributed by atoms with Gasteiger partial charge in [-0.3, -0.25) is 4.84 Å². The van der Waals surface area contributed by atoms with Crippen molar-refractivity contribution in [3.63, 3.8) is 0 Å². The van der Waals surface area contributed by atoms with Crippen LogP contribution in [0.25, 0.3) is 0 Å². The van der Waals surface area contributed by atoms with Crippen LogP contribution in [0.15, 0.2) is 0 Å². The summed E-state index contributed by atoms with van der Waals surface area (Å²) in [6.07, 6.45) is 12.8. The molecule has 144 valence electrons. The fourth-order valence-corrected chi connectivity index (χ4v) is 4.28. The van der Waals surface area contributed by atoms with Crippen LogP contribution in [0.3, 0.4) is 0 Å². The van der Waals surface area contributed by atoms with Crippen molar-refractivity contribution < 1.29 is 4.84 Å². The lowest BCUT2D eigenvalue weighted by Crippen LogP contribution is -2.63. The Balaban J connectivity index is 2.40. The summed E-state index contributed by atoms with van der Waals surface area (Å²) in [4.78, 5) is 6.30. The molecule has 1 rings (SSSR count). The van der Waals surface area contributed by atoms with Gasteiger partial charge in [-0.25, -0.2) is 0 Å². The van der Waals surface area contributed by atoms with Gasteiger partial charge in [0.05, 0.1) is 6.61 Å². The molecule has 1 heterocycles. The van der Waals surface area contributed by atoms with Gasteiger partial charge in [-0.05, 0) is 59.9 Å². The van der Waals surface area contributed by atoms with Gasteiger partial charge in [0, 0.05) is 17.1 Å². The Kier molecular flexibility index (Phi) is 9.84. The predicted molar refractivity (Wildman–Crippen MR) is 105 cm³/mol. The van der Waals surface area contributed by atoms with Gasteiger partial charge in [0.25, 0.3) is 0 Å². The Hall–Kier alpha value is -0.120. The summed E-state index contributed by atoms with van der Waals surface area (Å²) >= 11 is 0. The first kappa shape index (κ1) is 21.9. The van der Waals surface area contributed by atoms with Gasteiger partial charge in [-0.15, -0.1) is 0 Å². The highest BCUT2D eigenvalue weighted by molar-refractivity contribution is 4.99. The van der Waals surface area contributed by atoms with E-state index in [2.05, 4.69) is 51.9 Å². The molecule has 0 atom stereocenters. The van der Waals surface area contributed by atoms with Gasteiger partial charge in [-0.1, -0.05) is 52.4 Å². The van der Waals surface area contributed by atoms with Crippen LogP contribution >= 0.6 is 0 Å². The highest BCUT2D eigenvalue weighted by Gasteiger charge is 2.46. The molecule has 1 aliphatic heterocycles. The number of piperidine rings is 1. The molecule has 1 saturated heterocycles. The number of unbranched alkanes of at least 4 members (excludes halogenated alkanes) is 6. The SMILES string of the molecule is CCCCCCCCON1C(C)(C)CC(NCCCC)CC1(C)C. The number of nitrogens with zero attached hydrogens (tertiary/aromatic N) is 1. The molecule has 0 spiro atoms. The second kappa shape index (κ2) is 10.8. The lowest BCUT2D eigenvalue weighted by molar-refractivity contribution is -0.284. The summed E-state index contributed by atoms with van der Waals surface area (Å²) < 4.78 is 0. The molecule has 0 aromatic carbocycles. The van der Waals surface area contributed by atoms with E-state index in [0.29, 0.717) is 6.04 Å². The summed E-state index contributed by atoms with van der Waals surface area (Å²) in [6.45, 7) is 15.9. The minimum absolute atomic E-state index is 0.0911. The number of hydrogen-bond donors (Lipinski definition) is 1. The highest BCUT2D eigenvalue weighted by atomic mass is 16.7. The van der Waals surface area contributed by atoms with Crippen LogP contribution in [0, 0.1) is 0 Å². The molecule has 0 unspecified atom stereocenters. The van der Waals surface area contributed by atoms with E-state index in [1.807, 2.05) is 0 Å². The first-order valence-electron chi connectivity index (χ1n) is 10.5. The minimum atomic E-state index is 0.0911. The molecule has 24 heavy (non-hydrogen) atoms. The number of nitrogens with one attached hydrogen (secondary N) is 1. The molecule has 0 bridgehead atoms. The second-order valence-corrected chi connectivity index (χ2v) is 8.93.